The highest BCUT2D eigenvalue weighted by Crippen LogP contribution is 2.31. The van der Waals surface area contributed by atoms with Gasteiger partial charge in [0.1, 0.15) is 20.4 Å². The fourth-order valence-electron chi connectivity index (χ4n) is 3.09. The van der Waals surface area contributed by atoms with E-state index in [1.807, 2.05) is 6.92 Å². The minimum atomic E-state index is -4.04. The summed E-state index contributed by atoms with van der Waals surface area (Å²) >= 11 is 0.925. The molecule has 37 heavy (non-hydrogen) atoms. The van der Waals surface area contributed by atoms with Crippen LogP contribution in [0.2, 0.25) is 0 Å². The van der Waals surface area contributed by atoms with Gasteiger partial charge in [-0.3, -0.25) is 4.98 Å². The number of esters is 1. The third-order valence-electron chi connectivity index (χ3n) is 4.68. The number of amides is 1. The molecule has 0 aliphatic rings. The Morgan fingerprint density at radius 1 is 0.919 bits per heavy atom. The van der Waals surface area contributed by atoms with Crippen LogP contribution in [0.25, 0.3) is 11.1 Å². The average molecular weight is 546 g/mol. The number of hydrogen-bond acceptors (Lipinski definition) is 9. The zero-order valence-corrected chi connectivity index (χ0v) is 23.5. The molecule has 0 fully saturated rings. The van der Waals surface area contributed by atoms with Crippen LogP contribution in [0.1, 0.15) is 62.6 Å². The maximum Gasteiger partial charge on any atom is 0.408 e. The average Bonchev–Trinajstić information content (AvgIpc) is 3.26. The fraction of sp³-hybridized carbons (Fsp3) is 0.385. The van der Waals surface area contributed by atoms with Crippen LogP contribution in [0.3, 0.4) is 0 Å². The van der Waals surface area contributed by atoms with Gasteiger partial charge in [-0.25, -0.2) is 23.0 Å². The van der Waals surface area contributed by atoms with Crippen molar-refractivity contribution in [3.05, 3.63) is 59.0 Å². The van der Waals surface area contributed by atoms with Crippen molar-refractivity contribution < 1.29 is 27.5 Å². The lowest BCUT2D eigenvalue weighted by atomic mass is 10.0. The molecule has 1 amide bonds. The molecule has 0 aliphatic heterocycles. The second kappa shape index (κ2) is 10.6. The summed E-state index contributed by atoms with van der Waals surface area (Å²) in [5.41, 5.74) is 0.640. The van der Waals surface area contributed by atoms with Crippen LogP contribution in [0.15, 0.2) is 51.8 Å². The van der Waals surface area contributed by atoms with Crippen LogP contribution < -0.4 is 5.32 Å². The zero-order chi connectivity index (χ0) is 27.6. The molecule has 0 saturated heterocycles. The Bertz CT molecular complexity index is 1400. The summed E-state index contributed by atoms with van der Waals surface area (Å²) < 4.78 is 37.8. The molecule has 0 aliphatic carbocycles. The van der Waals surface area contributed by atoms with Crippen molar-refractivity contribution in [1.29, 1.82) is 0 Å². The fourth-order valence-corrected chi connectivity index (χ4v) is 5.68. The van der Waals surface area contributed by atoms with E-state index in [1.165, 1.54) is 18.3 Å². The van der Waals surface area contributed by atoms with Gasteiger partial charge >= 0.3 is 12.1 Å². The van der Waals surface area contributed by atoms with E-state index in [0.717, 1.165) is 17.0 Å². The van der Waals surface area contributed by atoms with Gasteiger partial charge in [0.25, 0.3) is 0 Å². The molecule has 0 radical (unpaired) electrons. The smallest absolute Gasteiger partial charge is 0.408 e. The van der Waals surface area contributed by atoms with Gasteiger partial charge in [-0.15, -0.1) is 11.3 Å². The third-order valence-corrected chi connectivity index (χ3v) is 7.87. The summed E-state index contributed by atoms with van der Waals surface area (Å²) in [6, 6.07) is 7.99. The van der Waals surface area contributed by atoms with E-state index < -0.39 is 33.1 Å². The van der Waals surface area contributed by atoms with Crippen LogP contribution >= 0.6 is 11.3 Å². The maximum absolute atomic E-state index is 13.6. The molecule has 2 aromatic heterocycles. The number of aromatic nitrogens is 2. The van der Waals surface area contributed by atoms with Crippen molar-refractivity contribution >= 4 is 33.2 Å². The monoisotopic (exact) mass is 545 g/mol. The first-order valence-electron chi connectivity index (χ1n) is 11.5. The van der Waals surface area contributed by atoms with Gasteiger partial charge in [-0.05, 0) is 78.3 Å². The second-order valence-corrected chi connectivity index (χ2v) is 13.7. The molecule has 1 N–H and O–H groups in total. The van der Waals surface area contributed by atoms with E-state index in [4.69, 9.17) is 9.47 Å². The van der Waals surface area contributed by atoms with Gasteiger partial charge in [-0.1, -0.05) is 6.07 Å². The van der Waals surface area contributed by atoms with Gasteiger partial charge in [0.05, 0.1) is 23.2 Å². The van der Waals surface area contributed by atoms with Crippen LogP contribution in [0, 0.1) is 6.92 Å². The standard InChI is InChI=1S/C26H31N3O6S2/c1-16-8-9-17(13-27-16)18-10-19(23(30)34-25(2,3)4)12-20(11-18)37(32,33)22-15-28-21(36-22)14-29-24(31)35-26(5,6)7/h8-13,15H,14H2,1-7H3,(H,29,31). The SMILES string of the molecule is Cc1ccc(-c2cc(C(=O)OC(C)(C)C)cc(S(=O)(=O)c3cnc(CNC(=O)OC(C)(C)C)s3)c2)cn1. The lowest BCUT2D eigenvalue weighted by Gasteiger charge is -2.20. The van der Waals surface area contributed by atoms with Crippen molar-refractivity contribution in [2.75, 3.05) is 0 Å². The highest BCUT2D eigenvalue weighted by molar-refractivity contribution is 7.93. The summed E-state index contributed by atoms with van der Waals surface area (Å²) in [6.07, 6.45) is 2.22. The zero-order valence-electron chi connectivity index (χ0n) is 21.9. The number of carbonyl (C=O) groups is 2. The first-order valence-corrected chi connectivity index (χ1v) is 13.8. The van der Waals surface area contributed by atoms with Gasteiger partial charge in [0.15, 0.2) is 0 Å². The molecule has 2 heterocycles. The quantitative estimate of drug-likeness (QED) is 0.412. The topological polar surface area (TPSA) is 125 Å². The predicted octanol–water partition coefficient (Wildman–Crippen LogP) is 5.33. The van der Waals surface area contributed by atoms with Crippen LogP contribution in [0.4, 0.5) is 4.79 Å². The molecular formula is C26H31N3O6S2. The predicted molar refractivity (Wildman–Crippen MR) is 140 cm³/mol. The first kappa shape index (κ1) is 28.3. The van der Waals surface area contributed by atoms with Crippen LogP contribution in [-0.4, -0.2) is 41.7 Å². The van der Waals surface area contributed by atoms with E-state index in [2.05, 4.69) is 15.3 Å². The van der Waals surface area contributed by atoms with Gasteiger partial charge in [-0.2, -0.15) is 0 Å². The number of nitrogens with zero attached hydrogens (tertiary/aromatic N) is 2. The lowest BCUT2D eigenvalue weighted by Crippen LogP contribution is -2.32. The molecule has 0 atom stereocenters. The molecule has 0 saturated carbocycles. The van der Waals surface area contributed by atoms with E-state index in [0.29, 0.717) is 16.1 Å². The number of alkyl carbamates (subject to hydrolysis) is 1. The summed E-state index contributed by atoms with van der Waals surface area (Å²) in [5, 5.41) is 2.95. The number of ether oxygens (including phenoxy) is 2. The number of aryl methyl sites for hydroxylation is 1. The number of rotatable bonds is 6. The molecular weight excluding hydrogens is 514 g/mol. The molecule has 0 bridgehead atoms. The number of nitrogens with one attached hydrogen (secondary N) is 1. The minimum absolute atomic E-state index is 0.00728. The highest BCUT2D eigenvalue weighted by Gasteiger charge is 2.26. The van der Waals surface area contributed by atoms with Gasteiger partial charge < -0.3 is 14.8 Å². The molecule has 3 rings (SSSR count). The third kappa shape index (κ3) is 7.83. The van der Waals surface area contributed by atoms with Gasteiger partial charge in [0.2, 0.25) is 9.84 Å². The van der Waals surface area contributed by atoms with Crippen molar-refractivity contribution in [2.24, 2.45) is 0 Å². The van der Waals surface area contributed by atoms with Crippen molar-refractivity contribution in [2.45, 2.75) is 75.3 Å². The lowest BCUT2D eigenvalue weighted by molar-refractivity contribution is 0.00689. The normalized spacial score (nSPS) is 12.2. The summed E-state index contributed by atoms with van der Waals surface area (Å²) in [5.74, 6) is -0.641. The Hall–Kier alpha value is -3.31. The van der Waals surface area contributed by atoms with E-state index in [-0.39, 0.29) is 21.2 Å². The second-order valence-electron chi connectivity index (χ2n) is 10.4. The number of sulfone groups is 1. The van der Waals surface area contributed by atoms with Crippen LogP contribution in [-0.2, 0) is 25.9 Å². The number of benzene rings is 1. The summed E-state index contributed by atoms with van der Waals surface area (Å²) in [6.45, 7) is 12.3. The number of pyridine rings is 1. The Morgan fingerprint density at radius 2 is 1.59 bits per heavy atom. The largest absolute Gasteiger partial charge is 0.456 e. The Balaban J connectivity index is 1.96. The molecule has 9 nitrogen and oxygen atoms in total. The molecule has 11 heteroatoms. The maximum atomic E-state index is 13.6. The molecule has 1 aromatic carbocycles. The summed E-state index contributed by atoms with van der Waals surface area (Å²) in [7, 11) is -4.04. The Kier molecular flexibility index (Phi) is 8.09. The van der Waals surface area contributed by atoms with E-state index in [9.17, 15) is 18.0 Å². The van der Waals surface area contributed by atoms with E-state index >= 15 is 0 Å². The van der Waals surface area contributed by atoms with Gasteiger partial charge in [0, 0.05) is 17.5 Å². The molecule has 0 unspecified atom stereocenters. The highest BCUT2D eigenvalue weighted by atomic mass is 32.2. The number of hydrogen-bond donors (Lipinski definition) is 1. The van der Waals surface area contributed by atoms with Crippen LogP contribution in [0.5, 0.6) is 0 Å². The van der Waals surface area contributed by atoms with Crippen molar-refractivity contribution in [3.8, 4) is 11.1 Å². The Labute approximate surface area is 221 Å². The number of carbonyl (C=O) groups excluding carboxylic acids is 2. The number of thiazole rings is 1. The molecule has 3 aromatic rings. The molecule has 0 spiro atoms. The minimum Gasteiger partial charge on any atom is -0.456 e. The summed E-state index contributed by atoms with van der Waals surface area (Å²) in [4.78, 5) is 33.1. The van der Waals surface area contributed by atoms with E-state index in [1.54, 1.807) is 65.9 Å². The molecule has 198 valence electrons. The van der Waals surface area contributed by atoms with Crippen molar-refractivity contribution in [1.82, 2.24) is 15.3 Å². The first-order chi connectivity index (χ1) is 17.0. The van der Waals surface area contributed by atoms with Crippen molar-refractivity contribution in [3.63, 3.8) is 0 Å². The Morgan fingerprint density at radius 3 is 2.19 bits per heavy atom.